The quantitative estimate of drug-likeness (QED) is 0.504. The Morgan fingerprint density at radius 3 is 1.89 bits per heavy atom. The number of ketones is 1. The molecule has 0 N–H and O–H groups in total. The zero-order valence-electron chi connectivity index (χ0n) is 16.6. The molecule has 2 unspecified atom stereocenters. The van der Waals surface area contributed by atoms with Crippen molar-refractivity contribution in [3.8, 4) is 0 Å². The summed E-state index contributed by atoms with van der Waals surface area (Å²) in [6, 6.07) is 9.47. The molecule has 28 heavy (non-hydrogen) atoms. The van der Waals surface area contributed by atoms with E-state index in [0.29, 0.717) is 32.2 Å². The third kappa shape index (κ3) is 4.12. The van der Waals surface area contributed by atoms with Crippen molar-refractivity contribution in [3.63, 3.8) is 0 Å². The highest BCUT2D eigenvalue weighted by atomic mass is 16.5. The molecule has 1 aromatic rings. The van der Waals surface area contributed by atoms with E-state index in [0.717, 1.165) is 5.56 Å². The standard InChI is InChI=1S/C22H29NO5/c1-3-12-27-21(25)18-16-10-11-17(19(20(18)24)22(26)28-13-4-2)23(16)14-15-8-6-5-7-9-15/h5-9,16-19H,3-4,10-14H2,1-2H3/t16-,17+,18?,19?. The highest BCUT2D eigenvalue weighted by molar-refractivity contribution is 6.10. The smallest absolute Gasteiger partial charge is 0.318 e. The number of Topliss-reactive ketones (excluding diaryl/α,β-unsaturated/α-hetero) is 1. The summed E-state index contributed by atoms with van der Waals surface area (Å²) in [5.74, 6) is -3.20. The van der Waals surface area contributed by atoms with Crippen molar-refractivity contribution in [2.45, 2.75) is 58.2 Å². The van der Waals surface area contributed by atoms with Gasteiger partial charge in [0, 0.05) is 18.6 Å². The molecule has 2 fully saturated rings. The van der Waals surface area contributed by atoms with Crippen LogP contribution in [0.2, 0.25) is 0 Å². The van der Waals surface area contributed by atoms with Crippen molar-refractivity contribution >= 4 is 17.7 Å². The molecule has 6 heteroatoms. The van der Waals surface area contributed by atoms with Gasteiger partial charge in [0.15, 0.2) is 5.78 Å². The fraction of sp³-hybridized carbons (Fsp3) is 0.591. The first kappa shape index (κ1) is 20.5. The Labute approximate surface area is 166 Å². The number of carbonyl (C=O) groups excluding carboxylic acids is 3. The summed E-state index contributed by atoms with van der Waals surface area (Å²) in [6.45, 7) is 4.98. The summed E-state index contributed by atoms with van der Waals surface area (Å²) in [6.07, 6.45) is 2.78. The number of esters is 2. The molecule has 2 aliphatic rings. The van der Waals surface area contributed by atoms with Gasteiger partial charge in [-0.15, -0.1) is 0 Å². The molecule has 1 aromatic carbocycles. The second-order valence-corrected chi connectivity index (χ2v) is 7.56. The zero-order valence-corrected chi connectivity index (χ0v) is 16.6. The summed E-state index contributed by atoms with van der Waals surface area (Å²) >= 11 is 0. The first-order valence-electron chi connectivity index (χ1n) is 10.2. The van der Waals surface area contributed by atoms with Gasteiger partial charge in [-0.1, -0.05) is 44.2 Å². The zero-order chi connectivity index (χ0) is 20.1. The Morgan fingerprint density at radius 2 is 1.43 bits per heavy atom. The average Bonchev–Trinajstić information content (AvgIpc) is 3.00. The molecule has 2 bridgehead atoms. The van der Waals surface area contributed by atoms with E-state index in [2.05, 4.69) is 4.90 Å². The Kier molecular flexibility index (Phi) is 6.83. The van der Waals surface area contributed by atoms with Crippen molar-refractivity contribution in [1.82, 2.24) is 4.90 Å². The van der Waals surface area contributed by atoms with Crippen LogP contribution in [0.4, 0.5) is 0 Å². The minimum absolute atomic E-state index is 0.225. The largest absolute Gasteiger partial charge is 0.465 e. The van der Waals surface area contributed by atoms with Crippen LogP contribution in [0, 0.1) is 11.8 Å². The van der Waals surface area contributed by atoms with E-state index < -0.39 is 23.8 Å². The van der Waals surface area contributed by atoms with Gasteiger partial charge in [-0.3, -0.25) is 19.3 Å². The number of hydrogen-bond donors (Lipinski definition) is 0. The molecule has 4 atom stereocenters. The van der Waals surface area contributed by atoms with Gasteiger partial charge in [0.25, 0.3) is 0 Å². The predicted molar refractivity (Wildman–Crippen MR) is 103 cm³/mol. The van der Waals surface area contributed by atoms with Crippen LogP contribution in [-0.4, -0.2) is 47.9 Å². The summed E-state index contributed by atoms with van der Waals surface area (Å²) < 4.78 is 10.6. The summed E-state index contributed by atoms with van der Waals surface area (Å²) in [4.78, 5) is 40.7. The third-order valence-electron chi connectivity index (χ3n) is 5.61. The Morgan fingerprint density at radius 1 is 0.929 bits per heavy atom. The maximum atomic E-state index is 13.2. The molecule has 2 aliphatic heterocycles. The topological polar surface area (TPSA) is 72.9 Å². The van der Waals surface area contributed by atoms with Gasteiger partial charge >= 0.3 is 11.9 Å². The predicted octanol–water partition coefficient (Wildman–Crippen LogP) is 2.74. The van der Waals surface area contributed by atoms with Crippen molar-refractivity contribution in [2.75, 3.05) is 13.2 Å². The Bertz CT molecular complexity index is 666. The molecule has 0 radical (unpaired) electrons. The number of fused-ring (bicyclic) bond motifs is 2. The molecule has 0 saturated carbocycles. The van der Waals surface area contributed by atoms with Crippen molar-refractivity contribution < 1.29 is 23.9 Å². The summed E-state index contributed by atoms with van der Waals surface area (Å²) in [7, 11) is 0. The maximum Gasteiger partial charge on any atom is 0.318 e. The van der Waals surface area contributed by atoms with E-state index in [1.807, 2.05) is 44.2 Å². The first-order valence-corrected chi connectivity index (χ1v) is 10.2. The van der Waals surface area contributed by atoms with Crippen LogP contribution < -0.4 is 0 Å². The number of rotatable bonds is 8. The maximum absolute atomic E-state index is 13.2. The highest BCUT2D eigenvalue weighted by Crippen LogP contribution is 2.42. The SMILES string of the molecule is CCCOC(=O)C1C(=O)C(C(=O)OCCC)[C@@H]2CC[C@H]1N2Cc1ccccc1. The molecular formula is C22H29NO5. The number of hydrogen-bond acceptors (Lipinski definition) is 6. The molecule has 2 heterocycles. The fourth-order valence-electron chi connectivity index (χ4n) is 4.37. The normalized spacial score (nSPS) is 26.9. The molecule has 0 amide bonds. The molecule has 3 rings (SSSR count). The lowest BCUT2D eigenvalue weighted by molar-refractivity contribution is -0.166. The molecule has 6 nitrogen and oxygen atoms in total. The number of nitrogens with zero attached hydrogens (tertiary/aromatic N) is 1. The van der Waals surface area contributed by atoms with Gasteiger partial charge in [-0.25, -0.2) is 0 Å². The lowest BCUT2D eigenvalue weighted by Crippen LogP contribution is -2.58. The van der Waals surface area contributed by atoms with E-state index in [4.69, 9.17) is 9.47 Å². The van der Waals surface area contributed by atoms with Crippen LogP contribution in [0.15, 0.2) is 30.3 Å². The van der Waals surface area contributed by atoms with Crippen LogP contribution >= 0.6 is 0 Å². The van der Waals surface area contributed by atoms with E-state index in [1.54, 1.807) is 0 Å². The fourth-order valence-corrected chi connectivity index (χ4v) is 4.37. The Balaban J connectivity index is 1.89. The lowest BCUT2D eigenvalue weighted by atomic mass is 9.81. The Hall–Kier alpha value is -2.21. The number of piperidine rings is 1. The second-order valence-electron chi connectivity index (χ2n) is 7.56. The monoisotopic (exact) mass is 387 g/mol. The van der Waals surface area contributed by atoms with Crippen LogP contribution in [-0.2, 0) is 30.4 Å². The molecule has 0 aliphatic carbocycles. The van der Waals surface area contributed by atoms with Crippen LogP contribution in [0.1, 0.15) is 45.1 Å². The highest BCUT2D eigenvalue weighted by Gasteiger charge is 2.58. The van der Waals surface area contributed by atoms with E-state index in [9.17, 15) is 14.4 Å². The molecule has 0 aromatic heterocycles. The van der Waals surface area contributed by atoms with Gasteiger partial charge in [0.05, 0.1) is 13.2 Å². The molecule has 152 valence electrons. The molecule has 0 spiro atoms. The van der Waals surface area contributed by atoms with Crippen molar-refractivity contribution in [2.24, 2.45) is 11.8 Å². The van der Waals surface area contributed by atoms with Crippen molar-refractivity contribution in [1.29, 1.82) is 0 Å². The first-order chi connectivity index (χ1) is 13.6. The van der Waals surface area contributed by atoms with Gasteiger partial charge in [-0.05, 0) is 31.2 Å². The molecule has 2 saturated heterocycles. The average molecular weight is 387 g/mol. The van der Waals surface area contributed by atoms with Gasteiger partial charge in [-0.2, -0.15) is 0 Å². The van der Waals surface area contributed by atoms with Crippen molar-refractivity contribution in [3.05, 3.63) is 35.9 Å². The number of ether oxygens (including phenoxy) is 2. The third-order valence-corrected chi connectivity index (χ3v) is 5.61. The minimum Gasteiger partial charge on any atom is -0.465 e. The number of carbonyl (C=O) groups is 3. The van der Waals surface area contributed by atoms with E-state index >= 15 is 0 Å². The number of benzene rings is 1. The van der Waals surface area contributed by atoms with Gasteiger partial charge in [0.1, 0.15) is 11.8 Å². The minimum atomic E-state index is -0.923. The van der Waals surface area contributed by atoms with Gasteiger partial charge < -0.3 is 9.47 Å². The second kappa shape index (κ2) is 9.32. The van der Waals surface area contributed by atoms with E-state index in [1.165, 1.54) is 0 Å². The van der Waals surface area contributed by atoms with E-state index in [-0.39, 0.29) is 31.1 Å². The summed E-state index contributed by atoms with van der Waals surface area (Å²) in [5.41, 5.74) is 1.09. The van der Waals surface area contributed by atoms with Crippen LogP contribution in [0.25, 0.3) is 0 Å². The summed E-state index contributed by atoms with van der Waals surface area (Å²) in [5, 5.41) is 0. The van der Waals surface area contributed by atoms with Gasteiger partial charge in [0.2, 0.25) is 0 Å². The van der Waals surface area contributed by atoms with Crippen LogP contribution in [0.5, 0.6) is 0 Å². The lowest BCUT2D eigenvalue weighted by Gasteiger charge is -2.41. The molecular weight excluding hydrogens is 358 g/mol. The van der Waals surface area contributed by atoms with Crippen LogP contribution in [0.3, 0.4) is 0 Å².